The average Bonchev–Trinajstić information content (AvgIpc) is 2.95. The van der Waals surface area contributed by atoms with Crippen molar-refractivity contribution >= 4 is 22.4 Å². The number of anilines is 1. The fourth-order valence-corrected chi connectivity index (χ4v) is 6.06. The van der Waals surface area contributed by atoms with E-state index in [1.165, 1.54) is 32.1 Å². The fraction of sp³-hybridized carbons (Fsp3) is 0.500. The second kappa shape index (κ2) is 4.95. The molecule has 4 saturated carbocycles. The van der Waals surface area contributed by atoms with Crippen molar-refractivity contribution in [3.63, 3.8) is 0 Å². The first-order chi connectivity index (χ1) is 11.6. The Kier molecular flexibility index (Phi) is 2.94. The SMILES string of the molecule is O=C(CC12CC3CC(C1)C(C3)C2)Nc1cccc2c(=O)[nH]ccc12. The molecule has 2 N–H and O–H groups in total. The minimum Gasteiger partial charge on any atom is -0.329 e. The van der Waals surface area contributed by atoms with E-state index in [-0.39, 0.29) is 16.9 Å². The average molecular weight is 322 g/mol. The van der Waals surface area contributed by atoms with Crippen molar-refractivity contribution in [3.8, 4) is 0 Å². The highest BCUT2D eigenvalue weighted by Crippen LogP contribution is 2.65. The van der Waals surface area contributed by atoms with Crippen molar-refractivity contribution in [2.45, 2.75) is 38.5 Å². The third-order valence-corrected chi connectivity index (χ3v) is 6.68. The van der Waals surface area contributed by atoms with Crippen molar-refractivity contribution in [3.05, 3.63) is 40.8 Å². The number of fused-ring (bicyclic) bond motifs is 1. The molecule has 0 spiro atoms. The summed E-state index contributed by atoms with van der Waals surface area (Å²) in [6.07, 6.45) is 8.81. The van der Waals surface area contributed by atoms with Crippen LogP contribution in [0.2, 0.25) is 0 Å². The van der Waals surface area contributed by atoms with Crippen LogP contribution in [-0.4, -0.2) is 10.9 Å². The summed E-state index contributed by atoms with van der Waals surface area (Å²) in [5, 5.41) is 4.50. The molecule has 4 fully saturated rings. The van der Waals surface area contributed by atoms with E-state index in [0.29, 0.717) is 11.8 Å². The number of pyridine rings is 1. The Labute approximate surface area is 140 Å². The molecule has 2 atom stereocenters. The monoisotopic (exact) mass is 322 g/mol. The molecular formula is C20H22N2O2. The molecule has 124 valence electrons. The number of rotatable bonds is 3. The summed E-state index contributed by atoms with van der Waals surface area (Å²) in [5.41, 5.74) is 0.881. The van der Waals surface area contributed by atoms with Crippen molar-refractivity contribution in [2.24, 2.45) is 23.2 Å². The van der Waals surface area contributed by atoms with Gasteiger partial charge in [0.15, 0.2) is 0 Å². The minimum atomic E-state index is -0.117. The van der Waals surface area contributed by atoms with Gasteiger partial charge in [0, 0.05) is 29.1 Å². The van der Waals surface area contributed by atoms with Crippen molar-refractivity contribution < 1.29 is 4.79 Å². The second-order valence-corrected chi connectivity index (χ2v) is 8.27. The summed E-state index contributed by atoms with van der Waals surface area (Å²) >= 11 is 0. The maximum atomic E-state index is 12.7. The van der Waals surface area contributed by atoms with Gasteiger partial charge in [-0.1, -0.05) is 6.07 Å². The lowest BCUT2D eigenvalue weighted by molar-refractivity contribution is -0.119. The van der Waals surface area contributed by atoms with Gasteiger partial charge in [0.05, 0.1) is 0 Å². The van der Waals surface area contributed by atoms with E-state index in [2.05, 4.69) is 10.3 Å². The number of benzene rings is 1. The highest BCUT2D eigenvalue weighted by molar-refractivity contribution is 6.01. The number of hydrogen-bond donors (Lipinski definition) is 2. The van der Waals surface area contributed by atoms with E-state index in [1.807, 2.05) is 18.2 Å². The smallest absolute Gasteiger partial charge is 0.255 e. The van der Waals surface area contributed by atoms with Gasteiger partial charge in [0.25, 0.3) is 5.56 Å². The van der Waals surface area contributed by atoms with Crippen LogP contribution in [-0.2, 0) is 4.79 Å². The van der Waals surface area contributed by atoms with E-state index < -0.39 is 0 Å². The molecule has 1 aromatic carbocycles. The first kappa shape index (κ1) is 14.3. The molecule has 0 saturated heterocycles. The first-order valence-corrected chi connectivity index (χ1v) is 9.02. The lowest BCUT2D eigenvalue weighted by Crippen LogP contribution is -2.31. The quantitative estimate of drug-likeness (QED) is 0.905. The summed E-state index contributed by atoms with van der Waals surface area (Å²) in [7, 11) is 0. The number of hydrogen-bond acceptors (Lipinski definition) is 2. The molecule has 4 aliphatic carbocycles. The third kappa shape index (κ3) is 2.12. The Morgan fingerprint density at radius 3 is 2.67 bits per heavy atom. The molecule has 1 heterocycles. The first-order valence-electron chi connectivity index (χ1n) is 9.02. The molecule has 0 aliphatic heterocycles. The number of carbonyl (C=O) groups excluding carboxylic acids is 1. The molecule has 4 nitrogen and oxygen atoms in total. The predicted octanol–water partition coefficient (Wildman–Crippen LogP) is 3.68. The number of nitrogens with one attached hydrogen (secondary N) is 2. The molecule has 1 amide bonds. The predicted molar refractivity (Wildman–Crippen MR) is 93.8 cm³/mol. The second-order valence-electron chi connectivity index (χ2n) is 8.27. The standard InChI is InChI=1S/C20H22N2O2/c23-18(11-20-8-12-6-13(9-20)14(7-12)10-20)22-17-3-1-2-16-15(17)4-5-21-19(16)24/h1-5,12-14H,6-11H2,(H,21,24)(H,22,23). The van der Waals surface area contributed by atoms with Gasteiger partial charge in [-0.2, -0.15) is 0 Å². The van der Waals surface area contributed by atoms with Gasteiger partial charge in [-0.3, -0.25) is 9.59 Å². The van der Waals surface area contributed by atoms with Gasteiger partial charge in [-0.25, -0.2) is 0 Å². The van der Waals surface area contributed by atoms with Gasteiger partial charge >= 0.3 is 0 Å². The summed E-state index contributed by atoms with van der Waals surface area (Å²) in [4.78, 5) is 27.3. The van der Waals surface area contributed by atoms with Gasteiger partial charge in [0.2, 0.25) is 5.91 Å². The maximum absolute atomic E-state index is 12.7. The molecule has 2 aromatic rings. The number of H-pyrrole nitrogens is 1. The molecule has 1 aromatic heterocycles. The van der Waals surface area contributed by atoms with Crippen LogP contribution >= 0.6 is 0 Å². The Morgan fingerprint density at radius 2 is 1.92 bits per heavy atom. The highest BCUT2D eigenvalue weighted by atomic mass is 16.1. The largest absolute Gasteiger partial charge is 0.329 e. The van der Waals surface area contributed by atoms with Crippen LogP contribution < -0.4 is 10.9 Å². The number of carbonyl (C=O) groups is 1. The van der Waals surface area contributed by atoms with Gasteiger partial charge in [-0.05, 0) is 73.5 Å². The van der Waals surface area contributed by atoms with E-state index in [1.54, 1.807) is 12.3 Å². The van der Waals surface area contributed by atoms with Crippen LogP contribution in [0.1, 0.15) is 38.5 Å². The lowest BCUT2D eigenvalue weighted by atomic mass is 9.67. The molecular weight excluding hydrogens is 300 g/mol. The van der Waals surface area contributed by atoms with E-state index in [0.717, 1.165) is 28.8 Å². The Hall–Kier alpha value is -2.10. The normalized spacial score (nSPS) is 33.2. The highest BCUT2D eigenvalue weighted by Gasteiger charge is 2.56. The van der Waals surface area contributed by atoms with Gasteiger partial charge in [0.1, 0.15) is 0 Å². The van der Waals surface area contributed by atoms with Gasteiger partial charge in [-0.15, -0.1) is 0 Å². The topological polar surface area (TPSA) is 62.0 Å². The number of amides is 1. The third-order valence-electron chi connectivity index (χ3n) is 6.68. The van der Waals surface area contributed by atoms with Crippen LogP contribution in [0.15, 0.2) is 35.3 Å². The Bertz CT molecular complexity index is 865. The number of aromatic nitrogens is 1. The van der Waals surface area contributed by atoms with Crippen molar-refractivity contribution in [2.75, 3.05) is 5.32 Å². The van der Waals surface area contributed by atoms with E-state index >= 15 is 0 Å². The Morgan fingerprint density at radius 1 is 1.12 bits per heavy atom. The number of aromatic amines is 1. The zero-order valence-electron chi connectivity index (χ0n) is 13.7. The van der Waals surface area contributed by atoms with Crippen molar-refractivity contribution in [1.29, 1.82) is 0 Å². The van der Waals surface area contributed by atoms with Crippen LogP contribution in [0.3, 0.4) is 0 Å². The summed E-state index contributed by atoms with van der Waals surface area (Å²) < 4.78 is 0. The van der Waals surface area contributed by atoms with Crippen LogP contribution in [0.5, 0.6) is 0 Å². The molecule has 24 heavy (non-hydrogen) atoms. The van der Waals surface area contributed by atoms with Crippen LogP contribution in [0.25, 0.3) is 10.8 Å². The van der Waals surface area contributed by atoms with E-state index in [4.69, 9.17) is 0 Å². The molecule has 4 heteroatoms. The minimum absolute atomic E-state index is 0.102. The lowest BCUT2D eigenvalue weighted by Gasteiger charge is -2.37. The van der Waals surface area contributed by atoms with E-state index in [9.17, 15) is 9.59 Å². The van der Waals surface area contributed by atoms with Crippen molar-refractivity contribution in [1.82, 2.24) is 4.98 Å². The summed E-state index contributed by atoms with van der Waals surface area (Å²) in [6, 6.07) is 7.35. The summed E-state index contributed by atoms with van der Waals surface area (Å²) in [5.74, 6) is 2.73. The zero-order valence-corrected chi connectivity index (χ0v) is 13.7. The molecule has 4 aliphatic rings. The van der Waals surface area contributed by atoms with Gasteiger partial charge < -0.3 is 10.3 Å². The maximum Gasteiger partial charge on any atom is 0.255 e. The van der Waals surface area contributed by atoms with Crippen LogP contribution in [0.4, 0.5) is 5.69 Å². The zero-order chi connectivity index (χ0) is 16.3. The Balaban J connectivity index is 1.38. The molecule has 2 unspecified atom stereocenters. The molecule has 0 radical (unpaired) electrons. The molecule has 4 bridgehead atoms. The summed E-state index contributed by atoms with van der Waals surface area (Å²) in [6.45, 7) is 0. The van der Waals surface area contributed by atoms with Crippen LogP contribution in [0, 0.1) is 23.2 Å². The fourth-order valence-electron chi connectivity index (χ4n) is 6.06. The molecule has 6 rings (SSSR count).